The summed E-state index contributed by atoms with van der Waals surface area (Å²) in [6.45, 7) is 6.35. The third kappa shape index (κ3) is 4.94. The second-order valence-corrected chi connectivity index (χ2v) is 5.34. The van der Waals surface area contributed by atoms with Crippen LogP contribution in [0, 0.1) is 11.8 Å². The van der Waals surface area contributed by atoms with Gasteiger partial charge < -0.3 is 14.9 Å². The number of rotatable bonds is 6. The Morgan fingerprint density at radius 3 is 2.81 bits per heavy atom. The second kappa shape index (κ2) is 6.21. The van der Waals surface area contributed by atoms with Gasteiger partial charge in [-0.15, -0.1) is 0 Å². The molecule has 0 aliphatic carbocycles. The van der Waals surface area contributed by atoms with Crippen molar-refractivity contribution in [2.45, 2.75) is 19.8 Å². The molecule has 4 nitrogen and oxygen atoms in total. The largest absolute Gasteiger partial charge is 0.481 e. The fraction of sp³-hybridized carbons (Fsp3) is 0.917. The number of hydrogen-bond acceptors (Lipinski definition) is 3. The highest BCUT2D eigenvalue weighted by molar-refractivity contribution is 5.66. The Morgan fingerprint density at radius 2 is 2.31 bits per heavy atom. The molecule has 0 spiro atoms. The summed E-state index contributed by atoms with van der Waals surface area (Å²) in [5, 5.41) is 8.69. The molecule has 0 radical (unpaired) electrons. The first kappa shape index (κ1) is 13.5. The first-order valence-corrected chi connectivity index (χ1v) is 6.06. The number of carboxylic acids is 1. The van der Waals surface area contributed by atoms with Gasteiger partial charge in [0.05, 0.1) is 0 Å². The van der Waals surface area contributed by atoms with Crippen LogP contribution < -0.4 is 0 Å². The van der Waals surface area contributed by atoms with E-state index in [1.165, 1.54) is 19.5 Å². The molecular formula is C12H24N2O2. The number of likely N-dealkylation sites (tertiary alicyclic amines) is 1. The average molecular weight is 228 g/mol. The first-order valence-electron chi connectivity index (χ1n) is 6.06. The van der Waals surface area contributed by atoms with Crippen LogP contribution in [0.2, 0.25) is 0 Å². The molecule has 4 heteroatoms. The molecule has 1 aliphatic heterocycles. The summed E-state index contributed by atoms with van der Waals surface area (Å²) in [6.07, 6.45) is 1.54. The zero-order valence-corrected chi connectivity index (χ0v) is 10.6. The minimum Gasteiger partial charge on any atom is -0.481 e. The number of nitrogens with zero attached hydrogens (tertiary/aromatic N) is 2. The second-order valence-electron chi connectivity index (χ2n) is 5.34. The fourth-order valence-corrected chi connectivity index (χ4v) is 2.59. The molecule has 0 amide bonds. The first-order chi connectivity index (χ1) is 7.47. The van der Waals surface area contributed by atoms with E-state index in [0.29, 0.717) is 0 Å². The zero-order chi connectivity index (χ0) is 12.1. The minimum absolute atomic E-state index is 0.238. The molecular weight excluding hydrogens is 204 g/mol. The molecule has 1 rings (SSSR count). The maximum Gasteiger partial charge on any atom is 0.303 e. The molecule has 0 aromatic heterocycles. The van der Waals surface area contributed by atoms with Gasteiger partial charge in [-0.25, -0.2) is 0 Å². The van der Waals surface area contributed by atoms with Crippen molar-refractivity contribution in [1.29, 1.82) is 0 Å². The third-order valence-electron chi connectivity index (χ3n) is 3.21. The Bertz CT molecular complexity index is 233. The Kier molecular flexibility index (Phi) is 5.22. The van der Waals surface area contributed by atoms with Crippen LogP contribution in [0.3, 0.4) is 0 Å². The van der Waals surface area contributed by atoms with Crippen LogP contribution in [0.25, 0.3) is 0 Å². The molecule has 1 saturated heterocycles. The van der Waals surface area contributed by atoms with E-state index >= 15 is 0 Å². The summed E-state index contributed by atoms with van der Waals surface area (Å²) in [7, 11) is 4.25. The standard InChI is InChI=1S/C12H24N2O2/c1-10(6-12(15)16)7-14(3)9-11-4-5-13(2)8-11/h10-11H,4-9H2,1-3H3,(H,15,16). The highest BCUT2D eigenvalue weighted by atomic mass is 16.4. The van der Waals surface area contributed by atoms with Gasteiger partial charge in [-0.3, -0.25) is 4.79 Å². The van der Waals surface area contributed by atoms with Crippen molar-refractivity contribution >= 4 is 5.97 Å². The summed E-state index contributed by atoms with van der Waals surface area (Å²) < 4.78 is 0. The van der Waals surface area contributed by atoms with E-state index in [-0.39, 0.29) is 12.3 Å². The highest BCUT2D eigenvalue weighted by Crippen LogP contribution is 2.16. The zero-order valence-electron chi connectivity index (χ0n) is 10.6. The summed E-state index contributed by atoms with van der Waals surface area (Å²) in [5.41, 5.74) is 0. The number of aliphatic carboxylic acids is 1. The van der Waals surface area contributed by atoms with Crippen molar-refractivity contribution in [3.05, 3.63) is 0 Å². The van der Waals surface area contributed by atoms with E-state index in [0.717, 1.165) is 19.0 Å². The van der Waals surface area contributed by atoms with E-state index in [4.69, 9.17) is 5.11 Å². The summed E-state index contributed by atoms with van der Waals surface area (Å²) in [5.74, 6) is 0.301. The van der Waals surface area contributed by atoms with E-state index in [1.807, 2.05) is 6.92 Å². The van der Waals surface area contributed by atoms with Gasteiger partial charge in [0.15, 0.2) is 0 Å². The lowest BCUT2D eigenvalue weighted by molar-refractivity contribution is -0.138. The predicted molar refractivity (Wildman–Crippen MR) is 64.5 cm³/mol. The summed E-state index contributed by atoms with van der Waals surface area (Å²) >= 11 is 0. The van der Waals surface area contributed by atoms with Gasteiger partial charge in [0.1, 0.15) is 0 Å². The van der Waals surface area contributed by atoms with E-state index in [9.17, 15) is 4.79 Å². The molecule has 0 saturated carbocycles. The average Bonchev–Trinajstić information content (AvgIpc) is 2.48. The molecule has 1 fully saturated rings. The molecule has 1 heterocycles. The smallest absolute Gasteiger partial charge is 0.303 e. The van der Waals surface area contributed by atoms with Crippen LogP contribution in [0.5, 0.6) is 0 Å². The van der Waals surface area contributed by atoms with Crippen molar-refractivity contribution in [3.8, 4) is 0 Å². The molecule has 2 unspecified atom stereocenters. The lowest BCUT2D eigenvalue weighted by Gasteiger charge is -2.23. The number of hydrogen-bond donors (Lipinski definition) is 1. The minimum atomic E-state index is -0.693. The lowest BCUT2D eigenvalue weighted by atomic mass is 10.1. The highest BCUT2D eigenvalue weighted by Gasteiger charge is 2.21. The molecule has 1 N–H and O–H groups in total. The predicted octanol–water partition coefficient (Wildman–Crippen LogP) is 0.981. The molecule has 1 aliphatic rings. The number of carbonyl (C=O) groups is 1. The topological polar surface area (TPSA) is 43.8 Å². The van der Waals surface area contributed by atoms with Gasteiger partial charge in [-0.2, -0.15) is 0 Å². The summed E-state index contributed by atoms with van der Waals surface area (Å²) in [6, 6.07) is 0. The molecule has 0 bridgehead atoms. The van der Waals surface area contributed by atoms with Crippen LogP contribution in [-0.2, 0) is 4.79 Å². The van der Waals surface area contributed by atoms with E-state index < -0.39 is 5.97 Å². The normalized spacial score (nSPS) is 23.9. The van der Waals surface area contributed by atoms with Gasteiger partial charge in [0.2, 0.25) is 0 Å². The maximum atomic E-state index is 10.6. The Balaban J connectivity index is 2.19. The van der Waals surface area contributed by atoms with Gasteiger partial charge in [-0.1, -0.05) is 6.92 Å². The summed E-state index contributed by atoms with van der Waals surface area (Å²) in [4.78, 5) is 15.2. The van der Waals surface area contributed by atoms with E-state index in [1.54, 1.807) is 0 Å². The van der Waals surface area contributed by atoms with Gasteiger partial charge >= 0.3 is 5.97 Å². The van der Waals surface area contributed by atoms with Crippen LogP contribution in [-0.4, -0.2) is 61.2 Å². The van der Waals surface area contributed by atoms with Crippen molar-refractivity contribution in [3.63, 3.8) is 0 Å². The van der Waals surface area contributed by atoms with Crippen LogP contribution in [0.4, 0.5) is 0 Å². The quantitative estimate of drug-likeness (QED) is 0.736. The van der Waals surface area contributed by atoms with Crippen LogP contribution in [0.1, 0.15) is 19.8 Å². The Hall–Kier alpha value is -0.610. The van der Waals surface area contributed by atoms with Crippen LogP contribution >= 0.6 is 0 Å². The fourth-order valence-electron chi connectivity index (χ4n) is 2.59. The molecule has 2 atom stereocenters. The third-order valence-corrected chi connectivity index (χ3v) is 3.21. The van der Waals surface area contributed by atoms with Crippen molar-refractivity contribution in [2.75, 3.05) is 40.3 Å². The molecule has 16 heavy (non-hydrogen) atoms. The van der Waals surface area contributed by atoms with Gasteiger partial charge in [0.25, 0.3) is 0 Å². The van der Waals surface area contributed by atoms with Crippen molar-refractivity contribution in [1.82, 2.24) is 9.80 Å². The van der Waals surface area contributed by atoms with Gasteiger partial charge in [-0.05, 0) is 38.9 Å². The van der Waals surface area contributed by atoms with Crippen molar-refractivity contribution < 1.29 is 9.90 Å². The lowest BCUT2D eigenvalue weighted by Crippen LogP contribution is -2.31. The van der Waals surface area contributed by atoms with Crippen LogP contribution in [0.15, 0.2) is 0 Å². The SMILES string of the molecule is CC(CC(=O)O)CN(C)CC1CCN(C)C1. The Morgan fingerprint density at radius 1 is 1.62 bits per heavy atom. The van der Waals surface area contributed by atoms with E-state index in [2.05, 4.69) is 23.9 Å². The molecule has 0 aromatic rings. The Labute approximate surface area is 98.2 Å². The number of carboxylic acid groups (broad SMARTS) is 1. The van der Waals surface area contributed by atoms with Gasteiger partial charge in [0, 0.05) is 26.1 Å². The molecule has 0 aromatic carbocycles. The maximum absolute atomic E-state index is 10.6. The molecule has 94 valence electrons. The monoisotopic (exact) mass is 228 g/mol. The van der Waals surface area contributed by atoms with Crippen molar-refractivity contribution in [2.24, 2.45) is 11.8 Å².